The molecule has 0 aliphatic rings. The van der Waals surface area contributed by atoms with Gasteiger partial charge in [0.2, 0.25) is 0 Å². The molecule has 0 aliphatic heterocycles. The minimum atomic E-state index is -3.92. The summed E-state index contributed by atoms with van der Waals surface area (Å²) in [5.41, 5.74) is 0.665. The fourth-order valence-electron chi connectivity index (χ4n) is 1.15. The Hall–Kier alpha value is -0.370. The molecule has 0 amide bonds. The first kappa shape index (κ1) is 13.7. The van der Waals surface area contributed by atoms with E-state index in [1.165, 1.54) is 0 Å². The largest absolute Gasteiger partial charge is 0.342 e. The third kappa shape index (κ3) is 2.65. The summed E-state index contributed by atoms with van der Waals surface area (Å²) in [5, 5.41) is -3.92. The second kappa shape index (κ2) is 4.87. The van der Waals surface area contributed by atoms with Gasteiger partial charge in [0.15, 0.2) is 0 Å². The van der Waals surface area contributed by atoms with E-state index in [9.17, 15) is 17.6 Å². The molecule has 1 aromatic rings. The van der Waals surface area contributed by atoms with Gasteiger partial charge in [-0.25, -0.2) is 14.2 Å². The fourth-order valence-corrected chi connectivity index (χ4v) is 1.67. The van der Waals surface area contributed by atoms with Crippen molar-refractivity contribution in [2.45, 2.75) is 11.4 Å². The fraction of sp³-hybridized carbons (Fsp3) is 0.250. The normalized spacial score (nSPS) is 13.9. The summed E-state index contributed by atoms with van der Waals surface area (Å²) in [6.45, 7) is 0. The van der Waals surface area contributed by atoms with Crippen molar-refractivity contribution in [3.63, 3.8) is 0 Å². The molecule has 0 saturated carbocycles. The SMILES string of the molecule is NNC(c1c(F)ccc(Br)c1F)C(F)(F)Cl. The Kier molecular flexibility index (Phi) is 4.17. The monoisotopic (exact) mass is 320 g/mol. The number of nitrogens with one attached hydrogen (secondary N) is 1. The second-order valence-electron chi connectivity index (χ2n) is 2.90. The highest BCUT2D eigenvalue weighted by atomic mass is 79.9. The van der Waals surface area contributed by atoms with E-state index in [0.29, 0.717) is 0 Å². The van der Waals surface area contributed by atoms with Crippen LogP contribution in [0.25, 0.3) is 0 Å². The number of halogens is 6. The third-order valence-electron chi connectivity index (χ3n) is 1.86. The minimum Gasteiger partial charge on any atom is -0.271 e. The summed E-state index contributed by atoms with van der Waals surface area (Å²) in [7, 11) is 0. The molecule has 16 heavy (non-hydrogen) atoms. The Morgan fingerprint density at radius 2 is 1.94 bits per heavy atom. The lowest BCUT2D eigenvalue weighted by Gasteiger charge is -2.22. The van der Waals surface area contributed by atoms with Crippen LogP contribution >= 0.6 is 27.5 Å². The molecule has 0 fully saturated rings. The molecule has 0 radical (unpaired) electrons. The highest BCUT2D eigenvalue weighted by Gasteiger charge is 2.41. The van der Waals surface area contributed by atoms with Crippen LogP contribution < -0.4 is 11.3 Å². The van der Waals surface area contributed by atoms with Crippen molar-refractivity contribution < 1.29 is 17.6 Å². The van der Waals surface area contributed by atoms with Gasteiger partial charge in [-0.05, 0) is 39.7 Å². The summed E-state index contributed by atoms with van der Waals surface area (Å²) in [4.78, 5) is 0. The zero-order valence-electron chi connectivity index (χ0n) is 7.58. The van der Waals surface area contributed by atoms with Crippen molar-refractivity contribution >= 4 is 27.5 Å². The number of hydrogen-bond donors (Lipinski definition) is 2. The maximum Gasteiger partial charge on any atom is 0.342 e. The van der Waals surface area contributed by atoms with Crippen LogP contribution in [0.2, 0.25) is 0 Å². The molecule has 0 bridgehead atoms. The van der Waals surface area contributed by atoms with Gasteiger partial charge in [0, 0.05) is 0 Å². The lowest BCUT2D eigenvalue weighted by atomic mass is 10.1. The molecule has 0 saturated heterocycles. The molecule has 90 valence electrons. The van der Waals surface area contributed by atoms with Crippen LogP contribution in [0.4, 0.5) is 17.6 Å². The molecule has 2 nitrogen and oxygen atoms in total. The number of rotatable bonds is 3. The third-order valence-corrected chi connectivity index (χ3v) is 2.69. The number of benzene rings is 1. The Morgan fingerprint density at radius 3 is 2.38 bits per heavy atom. The molecule has 3 N–H and O–H groups in total. The number of alkyl halides is 3. The van der Waals surface area contributed by atoms with Crippen LogP contribution in [0, 0.1) is 11.6 Å². The Morgan fingerprint density at radius 1 is 1.38 bits per heavy atom. The molecule has 0 heterocycles. The van der Waals surface area contributed by atoms with Gasteiger partial charge in [0.05, 0.1) is 10.0 Å². The van der Waals surface area contributed by atoms with E-state index in [1.54, 1.807) is 5.43 Å². The number of hydrogen-bond acceptors (Lipinski definition) is 2. The Balaban J connectivity index is 3.36. The maximum atomic E-state index is 13.5. The maximum absolute atomic E-state index is 13.5. The zero-order chi connectivity index (χ0) is 12.5. The van der Waals surface area contributed by atoms with Gasteiger partial charge in [0.1, 0.15) is 17.7 Å². The summed E-state index contributed by atoms with van der Waals surface area (Å²) >= 11 is 7.45. The second-order valence-corrected chi connectivity index (χ2v) is 4.26. The average Bonchev–Trinajstić information content (AvgIpc) is 2.16. The Bertz CT molecular complexity index is 396. The van der Waals surface area contributed by atoms with E-state index in [0.717, 1.165) is 12.1 Å². The average molecular weight is 321 g/mol. The molecule has 1 atom stereocenters. The molecule has 8 heteroatoms. The topological polar surface area (TPSA) is 38.0 Å². The van der Waals surface area contributed by atoms with Crippen molar-refractivity contribution in [2.24, 2.45) is 5.84 Å². The molecular formula is C8H6BrClF4N2. The van der Waals surface area contributed by atoms with Crippen molar-refractivity contribution in [3.8, 4) is 0 Å². The molecule has 0 aromatic heterocycles. The smallest absolute Gasteiger partial charge is 0.271 e. The van der Waals surface area contributed by atoms with E-state index in [4.69, 9.17) is 17.4 Å². The van der Waals surface area contributed by atoms with Gasteiger partial charge in [0.25, 0.3) is 0 Å². The van der Waals surface area contributed by atoms with Crippen molar-refractivity contribution in [1.82, 2.24) is 5.43 Å². The Labute approximate surface area is 102 Å². The summed E-state index contributed by atoms with van der Waals surface area (Å²) < 4.78 is 52.2. The van der Waals surface area contributed by atoms with E-state index < -0.39 is 28.6 Å². The molecular weight excluding hydrogens is 315 g/mol. The summed E-state index contributed by atoms with van der Waals surface area (Å²) in [5.74, 6) is 2.48. The molecule has 0 aliphatic carbocycles. The van der Waals surface area contributed by atoms with Gasteiger partial charge in [-0.3, -0.25) is 5.84 Å². The zero-order valence-corrected chi connectivity index (χ0v) is 9.92. The lowest BCUT2D eigenvalue weighted by Crippen LogP contribution is -2.39. The number of hydrazine groups is 1. The highest BCUT2D eigenvalue weighted by Crippen LogP contribution is 2.38. The minimum absolute atomic E-state index is 0.162. The van der Waals surface area contributed by atoms with Crippen LogP contribution in [0.5, 0.6) is 0 Å². The van der Waals surface area contributed by atoms with Gasteiger partial charge < -0.3 is 0 Å². The van der Waals surface area contributed by atoms with Gasteiger partial charge in [-0.2, -0.15) is 8.78 Å². The lowest BCUT2D eigenvalue weighted by molar-refractivity contribution is 0.0466. The first-order valence-electron chi connectivity index (χ1n) is 3.95. The van der Waals surface area contributed by atoms with E-state index in [2.05, 4.69) is 15.9 Å². The summed E-state index contributed by atoms with van der Waals surface area (Å²) in [6, 6.07) is -0.282. The van der Waals surface area contributed by atoms with Crippen molar-refractivity contribution in [3.05, 3.63) is 33.8 Å². The van der Waals surface area contributed by atoms with E-state index >= 15 is 0 Å². The molecule has 1 unspecified atom stereocenters. The standard InChI is InChI=1S/C8H6BrClF4N2/c9-3-1-2-4(11)5(6(3)12)7(16-15)8(10,13)14/h1-2,7,16H,15H2. The highest BCUT2D eigenvalue weighted by molar-refractivity contribution is 9.10. The predicted octanol–water partition coefficient (Wildman–Crippen LogP) is 3.06. The van der Waals surface area contributed by atoms with Crippen LogP contribution in [0.3, 0.4) is 0 Å². The van der Waals surface area contributed by atoms with Crippen molar-refractivity contribution in [2.75, 3.05) is 0 Å². The van der Waals surface area contributed by atoms with E-state index in [-0.39, 0.29) is 4.47 Å². The molecule has 1 rings (SSSR count). The van der Waals surface area contributed by atoms with Crippen LogP contribution in [-0.2, 0) is 0 Å². The van der Waals surface area contributed by atoms with Crippen LogP contribution in [0.15, 0.2) is 16.6 Å². The van der Waals surface area contributed by atoms with Crippen LogP contribution in [-0.4, -0.2) is 5.38 Å². The summed E-state index contributed by atoms with van der Waals surface area (Å²) in [6.07, 6.45) is 0. The quantitative estimate of drug-likeness (QED) is 0.295. The van der Waals surface area contributed by atoms with Gasteiger partial charge >= 0.3 is 5.38 Å². The molecule has 0 spiro atoms. The van der Waals surface area contributed by atoms with Crippen LogP contribution in [0.1, 0.15) is 11.6 Å². The first-order valence-corrected chi connectivity index (χ1v) is 5.12. The number of nitrogens with two attached hydrogens (primary N) is 1. The molecule has 1 aromatic carbocycles. The van der Waals surface area contributed by atoms with Crippen molar-refractivity contribution in [1.29, 1.82) is 0 Å². The van der Waals surface area contributed by atoms with Gasteiger partial charge in [-0.1, -0.05) is 0 Å². The van der Waals surface area contributed by atoms with E-state index in [1.807, 2.05) is 0 Å². The first-order chi connectivity index (χ1) is 7.29. The van der Waals surface area contributed by atoms with Gasteiger partial charge in [-0.15, -0.1) is 0 Å². The predicted molar refractivity (Wildman–Crippen MR) is 54.9 cm³/mol.